The zero-order valence-corrected chi connectivity index (χ0v) is 13.4. The van der Waals surface area contributed by atoms with Crippen LogP contribution in [0.2, 0.25) is 0 Å². The lowest BCUT2D eigenvalue weighted by molar-refractivity contribution is 0.0938. The molecule has 0 radical (unpaired) electrons. The average molecular weight is 313 g/mol. The molecule has 0 aliphatic rings. The van der Waals surface area contributed by atoms with Gasteiger partial charge in [0.25, 0.3) is 11.5 Å². The number of rotatable bonds is 4. The highest BCUT2D eigenvalue weighted by Crippen LogP contribution is 2.28. The first-order chi connectivity index (χ1) is 11.1. The van der Waals surface area contributed by atoms with E-state index < -0.39 is 0 Å². The Kier molecular flexibility index (Phi) is 3.92. The van der Waals surface area contributed by atoms with Gasteiger partial charge < -0.3 is 19.2 Å². The van der Waals surface area contributed by atoms with Crippen molar-refractivity contribution in [2.75, 3.05) is 20.3 Å². The summed E-state index contributed by atoms with van der Waals surface area (Å²) in [5.41, 5.74) is 1.84. The number of amides is 1. The van der Waals surface area contributed by atoms with E-state index in [2.05, 4.69) is 5.32 Å². The SMILES string of the molecule is COCCNC(=O)c1cn(C)c(=O)c2c1c1ccccc1n2C. The van der Waals surface area contributed by atoms with E-state index in [0.717, 1.165) is 10.9 Å². The Labute approximate surface area is 133 Å². The third kappa shape index (κ3) is 2.41. The van der Waals surface area contributed by atoms with Crippen molar-refractivity contribution in [2.24, 2.45) is 14.1 Å². The van der Waals surface area contributed by atoms with Crippen LogP contribution < -0.4 is 10.9 Å². The first kappa shape index (κ1) is 15.3. The number of para-hydroxylation sites is 1. The maximum absolute atomic E-state index is 12.6. The van der Waals surface area contributed by atoms with Gasteiger partial charge in [0.1, 0.15) is 5.52 Å². The highest BCUT2D eigenvalue weighted by Gasteiger charge is 2.19. The number of hydrogen-bond donors (Lipinski definition) is 1. The summed E-state index contributed by atoms with van der Waals surface area (Å²) in [5.74, 6) is -0.209. The third-order valence-corrected chi connectivity index (χ3v) is 4.06. The van der Waals surface area contributed by atoms with Crippen LogP contribution in [0.15, 0.2) is 35.3 Å². The molecule has 23 heavy (non-hydrogen) atoms. The van der Waals surface area contributed by atoms with E-state index in [1.54, 1.807) is 20.4 Å². The van der Waals surface area contributed by atoms with Crippen LogP contribution in [-0.4, -0.2) is 35.3 Å². The molecule has 0 unspecified atom stereocenters. The quantitative estimate of drug-likeness (QED) is 0.741. The zero-order chi connectivity index (χ0) is 16.6. The van der Waals surface area contributed by atoms with Gasteiger partial charge in [0.05, 0.1) is 12.2 Å². The van der Waals surface area contributed by atoms with E-state index in [9.17, 15) is 9.59 Å². The van der Waals surface area contributed by atoms with Gasteiger partial charge in [0.15, 0.2) is 0 Å². The molecule has 120 valence electrons. The maximum atomic E-state index is 12.6. The number of fused-ring (bicyclic) bond motifs is 3. The smallest absolute Gasteiger partial charge is 0.274 e. The van der Waals surface area contributed by atoms with Crippen molar-refractivity contribution >= 4 is 27.7 Å². The van der Waals surface area contributed by atoms with Crippen molar-refractivity contribution in [3.05, 3.63) is 46.4 Å². The normalized spacial score (nSPS) is 11.3. The zero-order valence-electron chi connectivity index (χ0n) is 13.4. The van der Waals surface area contributed by atoms with Crippen LogP contribution in [0.4, 0.5) is 0 Å². The number of pyridine rings is 1. The minimum Gasteiger partial charge on any atom is -0.383 e. The van der Waals surface area contributed by atoms with E-state index in [-0.39, 0.29) is 11.5 Å². The van der Waals surface area contributed by atoms with Gasteiger partial charge in [0.2, 0.25) is 0 Å². The molecule has 0 fully saturated rings. The molecule has 0 saturated heterocycles. The summed E-state index contributed by atoms with van der Waals surface area (Å²) >= 11 is 0. The number of benzene rings is 1. The van der Waals surface area contributed by atoms with Crippen LogP contribution in [-0.2, 0) is 18.8 Å². The van der Waals surface area contributed by atoms with Crippen molar-refractivity contribution in [1.29, 1.82) is 0 Å². The van der Waals surface area contributed by atoms with Gasteiger partial charge in [-0.15, -0.1) is 0 Å². The molecular weight excluding hydrogens is 294 g/mol. The van der Waals surface area contributed by atoms with Crippen molar-refractivity contribution in [3.63, 3.8) is 0 Å². The molecule has 1 amide bonds. The Morgan fingerprint density at radius 1 is 1.26 bits per heavy atom. The lowest BCUT2D eigenvalue weighted by atomic mass is 10.1. The molecule has 1 N–H and O–H groups in total. The molecule has 2 aromatic heterocycles. The molecule has 0 spiro atoms. The van der Waals surface area contributed by atoms with Gasteiger partial charge in [-0.2, -0.15) is 0 Å². The number of carbonyl (C=O) groups excluding carboxylic acids is 1. The number of methoxy groups -OCH3 is 1. The molecular formula is C17H19N3O3. The molecule has 0 bridgehead atoms. The average Bonchev–Trinajstić information content (AvgIpc) is 2.85. The highest BCUT2D eigenvalue weighted by atomic mass is 16.5. The summed E-state index contributed by atoms with van der Waals surface area (Å²) in [6.45, 7) is 0.862. The number of nitrogens with one attached hydrogen (secondary N) is 1. The molecule has 0 saturated carbocycles. The molecule has 3 aromatic rings. The van der Waals surface area contributed by atoms with Crippen LogP contribution in [0, 0.1) is 0 Å². The van der Waals surface area contributed by atoms with Gasteiger partial charge in [0, 0.05) is 50.2 Å². The molecule has 3 rings (SSSR count). The van der Waals surface area contributed by atoms with E-state index in [0.29, 0.717) is 29.6 Å². The highest BCUT2D eigenvalue weighted by molar-refractivity contribution is 6.17. The first-order valence-electron chi connectivity index (χ1n) is 7.40. The predicted molar refractivity (Wildman–Crippen MR) is 89.9 cm³/mol. The number of ether oxygens (including phenoxy) is 1. The Balaban J connectivity index is 2.30. The lowest BCUT2D eigenvalue weighted by Crippen LogP contribution is -2.29. The second-order valence-corrected chi connectivity index (χ2v) is 5.51. The molecule has 0 aliphatic carbocycles. The minimum absolute atomic E-state index is 0.118. The Morgan fingerprint density at radius 3 is 2.74 bits per heavy atom. The molecule has 2 heterocycles. The molecule has 6 nitrogen and oxygen atoms in total. The Hall–Kier alpha value is -2.60. The van der Waals surface area contributed by atoms with Gasteiger partial charge in [-0.3, -0.25) is 9.59 Å². The second-order valence-electron chi connectivity index (χ2n) is 5.51. The fourth-order valence-electron chi connectivity index (χ4n) is 2.93. The van der Waals surface area contributed by atoms with E-state index in [1.165, 1.54) is 4.57 Å². The van der Waals surface area contributed by atoms with Crippen LogP contribution in [0.3, 0.4) is 0 Å². The number of carbonyl (C=O) groups is 1. The lowest BCUT2D eigenvalue weighted by Gasteiger charge is -2.08. The summed E-state index contributed by atoms with van der Waals surface area (Å²) in [5, 5.41) is 4.42. The monoisotopic (exact) mass is 313 g/mol. The summed E-state index contributed by atoms with van der Waals surface area (Å²) in [4.78, 5) is 25.1. The van der Waals surface area contributed by atoms with Gasteiger partial charge in [-0.25, -0.2) is 0 Å². The molecule has 0 atom stereocenters. The number of aryl methyl sites for hydroxylation is 2. The van der Waals surface area contributed by atoms with Crippen LogP contribution >= 0.6 is 0 Å². The summed E-state index contributed by atoms with van der Waals surface area (Å²) < 4.78 is 8.26. The Bertz CT molecular complexity index is 953. The molecule has 0 aliphatic heterocycles. The summed E-state index contributed by atoms with van der Waals surface area (Å²) in [7, 11) is 5.09. The number of hydrogen-bond acceptors (Lipinski definition) is 3. The van der Waals surface area contributed by atoms with Crippen molar-refractivity contribution < 1.29 is 9.53 Å². The minimum atomic E-state index is -0.209. The first-order valence-corrected chi connectivity index (χ1v) is 7.40. The molecule has 1 aromatic carbocycles. The topological polar surface area (TPSA) is 65.3 Å². The third-order valence-electron chi connectivity index (χ3n) is 4.06. The van der Waals surface area contributed by atoms with E-state index >= 15 is 0 Å². The number of nitrogens with zero attached hydrogens (tertiary/aromatic N) is 2. The summed E-state index contributed by atoms with van der Waals surface area (Å²) in [6, 6.07) is 7.71. The standard InChI is InChI=1S/C17H19N3O3/c1-19-10-12(16(21)18-8-9-23-3)14-11-6-4-5-7-13(11)20(2)15(14)17(19)22/h4-7,10H,8-9H2,1-3H3,(H,18,21). The molecule has 6 heteroatoms. The predicted octanol–water partition coefficient (Wildman–Crippen LogP) is 1.41. The number of aromatic nitrogens is 2. The van der Waals surface area contributed by atoms with E-state index in [1.807, 2.05) is 35.9 Å². The van der Waals surface area contributed by atoms with E-state index in [4.69, 9.17) is 4.74 Å². The second kappa shape index (κ2) is 5.89. The van der Waals surface area contributed by atoms with Crippen LogP contribution in [0.1, 0.15) is 10.4 Å². The van der Waals surface area contributed by atoms with Gasteiger partial charge in [-0.05, 0) is 6.07 Å². The maximum Gasteiger partial charge on any atom is 0.274 e. The van der Waals surface area contributed by atoms with Crippen LogP contribution in [0.25, 0.3) is 21.8 Å². The van der Waals surface area contributed by atoms with Gasteiger partial charge >= 0.3 is 0 Å². The fourth-order valence-corrected chi connectivity index (χ4v) is 2.93. The van der Waals surface area contributed by atoms with Crippen molar-refractivity contribution in [3.8, 4) is 0 Å². The van der Waals surface area contributed by atoms with Crippen LogP contribution in [0.5, 0.6) is 0 Å². The Morgan fingerprint density at radius 2 is 2.00 bits per heavy atom. The van der Waals surface area contributed by atoms with Crippen molar-refractivity contribution in [1.82, 2.24) is 14.5 Å². The largest absolute Gasteiger partial charge is 0.383 e. The van der Waals surface area contributed by atoms with Crippen molar-refractivity contribution in [2.45, 2.75) is 0 Å². The van der Waals surface area contributed by atoms with Gasteiger partial charge in [-0.1, -0.05) is 18.2 Å². The fraction of sp³-hybridized carbons (Fsp3) is 0.294. The summed E-state index contributed by atoms with van der Waals surface area (Å²) in [6.07, 6.45) is 1.60.